The van der Waals surface area contributed by atoms with Crippen molar-refractivity contribution >= 4 is 23.2 Å². The molecular formula is C11H8Cl2N2O. The number of rotatable bonds is 1. The van der Waals surface area contributed by atoms with Crippen LogP contribution in [-0.2, 0) is 0 Å². The highest BCUT2D eigenvalue weighted by atomic mass is 35.5. The molecule has 1 N–H and O–H groups in total. The lowest BCUT2D eigenvalue weighted by Gasteiger charge is -2.04. The summed E-state index contributed by atoms with van der Waals surface area (Å²) in [5.74, 6) is 0. The Balaban J connectivity index is 2.67. The Bertz CT molecular complexity index is 573. The van der Waals surface area contributed by atoms with Crippen molar-refractivity contribution in [3.8, 4) is 11.3 Å². The van der Waals surface area contributed by atoms with Gasteiger partial charge in [0.2, 0.25) is 0 Å². The van der Waals surface area contributed by atoms with Crippen LogP contribution in [0.1, 0.15) is 5.56 Å². The quantitative estimate of drug-likeness (QED) is 0.851. The summed E-state index contributed by atoms with van der Waals surface area (Å²) in [6.45, 7) is 1.70. The molecule has 2 rings (SSSR count). The van der Waals surface area contributed by atoms with Gasteiger partial charge in [-0.25, -0.2) is 4.98 Å². The second-order valence-corrected chi connectivity index (χ2v) is 4.24. The zero-order valence-corrected chi connectivity index (χ0v) is 9.93. The van der Waals surface area contributed by atoms with Gasteiger partial charge in [0.25, 0.3) is 5.56 Å². The molecule has 0 spiro atoms. The topological polar surface area (TPSA) is 45.8 Å². The van der Waals surface area contributed by atoms with E-state index in [0.717, 1.165) is 5.56 Å². The molecule has 0 aliphatic rings. The molecule has 1 aromatic carbocycles. The Morgan fingerprint density at radius 1 is 1.19 bits per heavy atom. The molecule has 0 atom stereocenters. The number of nitrogens with one attached hydrogen (secondary N) is 1. The molecule has 0 unspecified atom stereocenters. The highest BCUT2D eigenvalue weighted by molar-refractivity contribution is 6.35. The Morgan fingerprint density at radius 3 is 2.44 bits per heavy atom. The number of H-pyrrole nitrogens is 1. The molecule has 0 aliphatic heterocycles. The average Bonchev–Trinajstić information content (AvgIpc) is 2.20. The fourth-order valence-electron chi connectivity index (χ4n) is 1.45. The summed E-state index contributed by atoms with van der Waals surface area (Å²) in [5.41, 5.74) is 1.70. The number of aromatic amines is 1. The summed E-state index contributed by atoms with van der Waals surface area (Å²) in [6, 6.07) is 5.08. The molecule has 0 saturated heterocycles. The first-order valence-electron chi connectivity index (χ1n) is 4.58. The number of aromatic nitrogens is 2. The summed E-state index contributed by atoms with van der Waals surface area (Å²) < 4.78 is 0. The first-order valence-corrected chi connectivity index (χ1v) is 5.34. The van der Waals surface area contributed by atoms with Crippen molar-refractivity contribution in [3.63, 3.8) is 0 Å². The van der Waals surface area contributed by atoms with Crippen LogP contribution in [0.4, 0.5) is 0 Å². The Kier molecular flexibility index (Phi) is 2.99. The van der Waals surface area contributed by atoms with Crippen molar-refractivity contribution < 1.29 is 0 Å². The van der Waals surface area contributed by atoms with Crippen molar-refractivity contribution in [2.75, 3.05) is 0 Å². The van der Waals surface area contributed by atoms with Gasteiger partial charge in [-0.2, -0.15) is 0 Å². The van der Waals surface area contributed by atoms with Crippen LogP contribution < -0.4 is 5.56 Å². The smallest absolute Gasteiger partial charge is 0.254 e. The molecule has 5 heteroatoms. The molecule has 0 fully saturated rings. The van der Waals surface area contributed by atoms with Gasteiger partial charge in [-0.3, -0.25) is 4.79 Å². The van der Waals surface area contributed by atoms with Gasteiger partial charge in [-0.1, -0.05) is 23.2 Å². The maximum absolute atomic E-state index is 11.4. The van der Waals surface area contributed by atoms with Crippen LogP contribution in [0, 0.1) is 6.92 Å². The normalized spacial score (nSPS) is 10.4. The SMILES string of the molecule is Cc1c(-c2cc(Cl)cc(Cl)c2)nc[nH]c1=O. The van der Waals surface area contributed by atoms with Crippen LogP contribution in [0.2, 0.25) is 10.0 Å². The van der Waals surface area contributed by atoms with E-state index in [1.54, 1.807) is 25.1 Å². The van der Waals surface area contributed by atoms with Gasteiger partial charge in [-0.15, -0.1) is 0 Å². The van der Waals surface area contributed by atoms with Gasteiger partial charge in [0.05, 0.1) is 12.0 Å². The van der Waals surface area contributed by atoms with Crippen molar-refractivity contribution in [2.24, 2.45) is 0 Å². The van der Waals surface area contributed by atoms with Crippen LogP contribution in [-0.4, -0.2) is 9.97 Å². The van der Waals surface area contributed by atoms with Gasteiger partial charge < -0.3 is 4.98 Å². The van der Waals surface area contributed by atoms with Crippen LogP contribution in [0.5, 0.6) is 0 Å². The maximum Gasteiger partial charge on any atom is 0.254 e. The fraction of sp³-hybridized carbons (Fsp3) is 0.0909. The third-order valence-electron chi connectivity index (χ3n) is 2.22. The first kappa shape index (κ1) is 11.2. The molecular weight excluding hydrogens is 247 g/mol. The summed E-state index contributed by atoms with van der Waals surface area (Å²) in [4.78, 5) is 18.0. The van der Waals surface area contributed by atoms with Gasteiger partial charge in [0, 0.05) is 21.2 Å². The highest BCUT2D eigenvalue weighted by Gasteiger charge is 2.07. The second kappa shape index (κ2) is 4.28. The van der Waals surface area contributed by atoms with E-state index in [0.29, 0.717) is 21.3 Å². The van der Waals surface area contributed by atoms with Crippen LogP contribution in [0.25, 0.3) is 11.3 Å². The van der Waals surface area contributed by atoms with Crippen molar-refractivity contribution in [3.05, 3.63) is 50.5 Å². The number of hydrogen-bond donors (Lipinski definition) is 1. The van der Waals surface area contributed by atoms with E-state index in [9.17, 15) is 4.79 Å². The lowest BCUT2D eigenvalue weighted by molar-refractivity contribution is 1.08. The van der Waals surface area contributed by atoms with E-state index in [-0.39, 0.29) is 5.56 Å². The minimum atomic E-state index is -0.166. The summed E-state index contributed by atoms with van der Waals surface area (Å²) in [5, 5.41) is 1.04. The maximum atomic E-state index is 11.4. The monoisotopic (exact) mass is 254 g/mol. The third-order valence-corrected chi connectivity index (χ3v) is 2.66. The third kappa shape index (κ3) is 2.10. The van der Waals surface area contributed by atoms with E-state index in [4.69, 9.17) is 23.2 Å². The zero-order valence-electron chi connectivity index (χ0n) is 8.42. The Labute approximate surface area is 102 Å². The van der Waals surface area contributed by atoms with Gasteiger partial charge in [-0.05, 0) is 25.1 Å². The zero-order chi connectivity index (χ0) is 11.7. The molecule has 0 aliphatic carbocycles. The molecule has 0 saturated carbocycles. The second-order valence-electron chi connectivity index (χ2n) is 3.36. The summed E-state index contributed by atoms with van der Waals surface area (Å²) in [6.07, 6.45) is 1.36. The van der Waals surface area contributed by atoms with Crippen molar-refractivity contribution in [1.82, 2.24) is 9.97 Å². The number of nitrogens with zero attached hydrogens (tertiary/aromatic N) is 1. The minimum Gasteiger partial charge on any atom is -0.313 e. The molecule has 2 aromatic rings. The molecule has 0 amide bonds. The van der Waals surface area contributed by atoms with Gasteiger partial charge >= 0.3 is 0 Å². The summed E-state index contributed by atoms with van der Waals surface area (Å²) >= 11 is 11.8. The van der Waals surface area contributed by atoms with Crippen LogP contribution >= 0.6 is 23.2 Å². The van der Waals surface area contributed by atoms with E-state index < -0.39 is 0 Å². The Hall–Kier alpha value is -1.32. The minimum absolute atomic E-state index is 0.166. The van der Waals surface area contributed by atoms with E-state index in [1.807, 2.05) is 0 Å². The lowest BCUT2D eigenvalue weighted by atomic mass is 10.1. The first-order chi connectivity index (χ1) is 7.58. The fourth-order valence-corrected chi connectivity index (χ4v) is 1.98. The number of hydrogen-bond acceptors (Lipinski definition) is 2. The molecule has 0 radical (unpaired) electrons. The van der Waals surface area contributed by atoms with Crippen molar-refractivity contribution in [2.45, 2.75) is 6.92 Å². The average molecular weight is 255 g/mol. The lowest BCUT2D eigenvalue weighted by Crippen LogP contribution is -2.11. The number of halogens is 2. The van der Waals surface area contributed by atoms with Crippen LogP contribution in [0.15, 0.2) is 29.3 Å². The van der Waals surface area contributed by atoms with Gasteiger partial charge in [0.1, 0.15) is 0 Å². The molecule has 1 aromatic heterocycles. The predicted octanol–water partition coefficient (Wildman–Crippen LogP) is 3.05. The highest BCUT2D eigenvalue weighted by Crippen LogP contribution is 2.26. The van der Waals surface area contributed by atoms with Crippen LogP contribution in [0.3, 0.4) is 0 Å². The molecule has 16 heavy (non-hydrogen) atoms. The predicted molar refractivity (Wildman–Crippen MR) is 65.1 cm³/mol. The number of benzene rings is 1. The van der Waals surface area contributed by atoms with Gasteiger partial charge in [0.15, 0.2) is 0 Å². The Morgan fingerprint density at radius 2 is 1.81 bits per heavy atom. The van der Waals surface area contributed by atoms with E-state index in [1.165, 1.54) is 6.33 Å². The molecule has 3 nitrogen and oxygen atoms in total. The molecule has 1 heterocycles. The molecule has 0 bridgehead atoms. The largest absolute Gasteiger partial charge is 0.313 e. The van der Waals surface area contributed by atoms with E-state index in [2.05, 4.69) is 9.97 Å². The summed E-state index contributed by atoms with van der Waals surface area (Å²) in [7, 11) is 0. The molecule has 82 valence electrons. The van der Waals surface area contributed by atoms with Crippen molar-refractivity contribution in [1.29, 1.82) is 0 Å². The van der Waals surface area contributed by atoms with E-state index >= 15 is 0 Å². The standard InChI is InChI=1S/C11H8Cl2N2O/c1-6-10(14-5-15-11(6)16)7-2-8(12)4-9(13)3-7/h2-5H,1H3,(H,14,15,16).